The van der Waals surface area contributed by atoms with E-state index >= 15 is 0 Å². The van der Waals surface area contributed by atoms with Crippen molar-refractivity contribution in [2.24, 2.45) is 0 Å². The largest absolute Gasteiger partial charge is 0.454 e. The predicted octanol–water partition coefficient (Wildman–Crippen LogP) is 3.67. The number of nitrogens with zero attached hydrogens (tertiary/aromatic N) is 3. The molecule has 0 spiro atoms. The number of ether oxygens (including phenoxy) is 2. The van der Waals surface area contributed by atoms with Gasteiger partial charge in [0.1, 0.15) is 12.4 Å². The molecule has 1 aliphatic heterocycles. The van der Waals surface area contributed by atoms with Crippen molar-refractivity contribution in [3.8, 4) is 11.5 Å². The van der Waals surface area contributed by atoms with Crippen molar-refractivity contribution >= 4 is 23.2 Å². The number of anilines is 1. The zero-order valence-corrected chi connectivity index (χ0v) is 16.8. The Kier molecular flexibility index (Phi) is 6.99. The van der Waals surface area contributed by atoms with Gasteiger partial charge in [-0.15, -0.1) is 0 Å². The van der Waals surface area contributed by atoms with Gasteiger partial charge in [0.2, 0.25) is 11.7 Å². The van der Waals surface area contributed by atoms with Crippen LogP contribution in [0.4, 0.5) is 18.9 Å². The molecule has 3 rings (SSSR count). The Hall–Kier alpha value is -2.59. The van der Waals surface area contributed by atoms with Crippen molar-refractivity contribution in [3.63, 3.8) is 0 Å². The highest BCUT2D eigenvalue weighted by Crippen LogP contribution is 2.32. The third-order valence-electron chi connectivity index (χ3n) is 4.33. The molecule has 0 radical (unpaired) electrons. The molecule has 1 aromatic heterocycles. The van der Waals surface area contributed by atoms with Crippen LogP contribution < -0.4 is 15.0 Å². The maximum atomic E-state index is 12.6. The minimum absolute atomic E-state index is 0.0235. The first-order valence-electron chi connectivity index (χ1n) is 9.24. The third kappa shape index (κ3) is 5.96. The minimum atomic E-state index is -4.62. The van der Waals surface area contributed by atoms with Gasteiger partial charge < -0.3 is 19.7 Å². The zero-order chi connectivity index (χ0) is 21.7. The Labute approximate surface area is 176 Å². The molecule has 1 saturated heterocycles. The molecular weight excluding hydrogens is 425 g/mol. The highest BCUT2D eigenvalue weighted by molar-refractivity contribution is 6.31. The molecule has 11 heteroatoms. The summed E-state index contributed by atoms with van der Waals surface area (Å²) < 4.78 is 48.4. The van der Waals surface area contributed by atoms with Crippen LogP contribution in [0.2, 0.25) is 5.02 Å². The lowest BCUT2D eigenvalue weighted by Crippen LogP contribution is -2.39. The number of benzene rings is 1. The van der Waals surface area contributed by atoms with Crippen LogP contribution >= 0.6 is 11.6 Å². The number of carbonyl (C=O) groups excluding carboxylic acids is 1. The molecule has 30 heavy (non-hydrogen) atoms. The molecule has 1 atom stereocenters. The van der Waals surface area contributed by atoms with Gasteiger partial charge in [0.25, 0.3) is 0 Å². The first-order chi connectivity index (χ1) is 14.2. The molecule has 2 aromatic rings. The number of alkyl halides is 3. The number of carbonyl (C=O) groups is 1. The summed E-state index contributed by atoms with van der Waals surface area (Å²) in [4.78, 5) is 20.4. The van der Waals surface area contributed by atoms with Crippen molar-refractivity contribution in [2.45, 2.75) is 25.6 Å². The van der Waals surface area contributed by atoms with Crippen LogP contribution in [0.25, 0.3) is 0 Å². The molecule has 162 valence electrons. The molecule has 0 bridgehead atoms. The quantitative estimate of drug-likeness (QED) is 0.702. The summed E-state index contributed by atoms with van der Waals surface area (Å²) in [6.45, 7) is 3.60. The Morgan fingerprint density at radius 3 is 2.67 bits per heavy atom. The van der Waals surface area contributed by atoms with E-state index < -0.39 is 12.0 Å². The second kappa shape index (κ2) is 9.48. The fourth-order valence-corrected chi connectivity index (χ4v) is 3.24. The zero-order valence-electron chi connectivity index (χ0n) is 16.1. The Morgan fingerprint density at radius 2 is 2.00 bits per heavy atom. The molecule has 0 aliphatic carbocycles. The number of hydrogen-bond donors (Lipinski definition) is 1. The molecule has 0 unspecified atom stereocenters. The molecule has 1 fully saturated rings. The van der Waals surface area contributed by atoms with Gasteiger partial charge in [-0.05, 0) is 25.5 Å². The van der Waals surface area contributed by atoms with Crippen LogP contribution in [0.3, 0.4) is 0 Å². The maximum Gasteiger partial charge on any atom is 0.451 e. The number of aromatic nitrogens is 2. The monoisotopic (exact) mass is 444 g/mol. The third-order valence-corrected chi connectivity index (χ3v) is 4.55. The van der Waals surface area contributed by atoms with E-state index in [0.717, 1.165) is 24.5 Å². The van der Waals surface area contributed by atoms with E-state index in [4.69, 9.17) is 21.1 Å². The highest BCUT2D eigenvalue weighted by Gasteiger charge is 2.34. The fraction of sp³-hybridized carbons (Fsp3) is 0.421. The average Bonchev–Trinajstić information content (AvgIpc) is 3.14. The van der Waals surface area contributed by atoms with Gasteiger partial charge in [-0.3, -0.25) is 4.79 Å². The number of amides is 1. The van der Waals surface area contributed by atoms with E-state index in [9.17, 15) is 18.0 Å². The van der Waals surface area contributed by atoms with Gasteiger partial charge in [-0.25, -0.2) is 9.97 Å². The van der Waals surface area contributed by atoms with Crippen molar-refractivity contribution in [3.05, 3.63) is 41.4 Å². The van der Waals surface area contributed by atoms with Crippen LogP contribution in [-0.4, -0.2) is 48.2 Å². The second-order valence-corrected chi connectivity index (χ2v) is 7.06. The lowest BCUT2D eigenvalue weighted by molar-refractivity contribution is -0.145. The molecule has 0 saturated carbocycles. The van der Waals surface area contributed by atoms with E-state index in [1.165, 1.54) is 0 Å². The van der Waals surface area contributed by atoms with Crippen molar-refractivity contribution in [2.75, 3.05) is 31.2 Å². The number of halogens is 4. The summed E-state index contributed by atoms with van der Waals surface area (Å²) in [5, 5.41) is 3.32. The highest BCUT2D eigenvalue weighted by atomic mass is 35.5. The number of nitrogens with one attached hydrogen (secondary N) is 1. The number of rotatable bonds is 7. The van der Waals surface area contributed by atoms with E-state index in [0.29, 0.717) is 30.5 Å². The van der Waals surface area contributed by atoms with E-state index in [2.05, 4.69) is 15.3 Å². The van der Waals surface area contributed by atoms with Crippen molar-refractivity contribution in [1.29, 1.82) is 0 Å². The van der Waals surface area contributed by atoms with Gasteiger partial charge in [0.05, 0.1) is 12.4 Å². The van der Waals surface area contributed by atoms with Crippen molar-refractivity contribution < 1.29 is 27.4 Å². The Bertz CT molecular complexity index is 880. The SMILES string of the molecule is CCOCC(=O)N[C@H]1CCN(c2cc(Cl)cc(Oc3cnc(C(F)(F)F)nc3)c2)C1. The summed E-state index contributed by atoms with van der Waals surface area (Å²) in [6, 6.07) is 4.99. The van der Waals surface area contributed by atoms with Gasteiger partial charge in [0, 0.05) is 42.5 Å². The molecular formula is C19H20ClF3N4O3. The maximum absolute atomic E-state index is 12.6. The number of hydrogen-bond acceptors (Lipinski definition) is 6. The smallest absolute Gasteiger partial charge is 0.451 e. The van der Waals surface area contributed by atoms with E-state index in [1.54, 1.807) is 18.2 Å². The lowest BCUT2D eigenvalue weighted by Gasteiger charge is -2.20. The molecule has 2 heterocycles. The first-order valence-corrected chi connectivity index (χ1v) is 9.62. The standard InChI is InChI=1S/C19H20ClF3N4O3/c1-2-29-11-17(28)26-13-3-4-27(10-13)14-5-12(20)6-15(7-14)30-16-8-24-18(25-9-16)19(21,22)23/h5-9,13H,2-4,10-11H2,1H3,(H,26,28)/t13-/m0/s1. The van der Waals surface area contributed by atoms with Gasteiger partial charge in [0.15, 0.2) is 5.75 Å². The average molecular weight is 445 g/mol. The first kappa shape index (κ1) is 22.1. The van der Waals surface area contributed by atoms with Gasteiger partial charge in [-0.1, -0.05) is 11.6 Å². The summed E-state index contributed by atoms with van der Waals surface area (Å²) in [7, 11) is 0. The fourth-order valence-electron chi connectivity index (χ4n) is 3.02. The topological polar surface area (TPSA) is 76.6 Å². The normalized spacial score (nSPS) is 16.6. The molecule has 7 nitrogen and oxygen atoms in total. The summed E-state index contributed by atoms with van der Waals surface area (Å²) in [5.74, 6) is -1.01. The van der Waals surface area contributed by atoms with Crippen molar-refractivity contribution in [1.82, 2.24) is 15.3 Å². The Morgan fingerprint density at radius 1 is 1.27 bits per heavy atom. The summed E-state index contributed by atoms with van der Waals surface area (Å²) >= 11 is 6.18. The summed E-state index contributed by atoms with van der Waals surface area (Å²) in [6.07, 6.45) is -1.95. The van der Waals surface area contributed by atoms with Crippen LogP contribution in [0.1, 0.15) is 19.2 Å². The molecule has 1 aliphatic rings. The molecule has 1 amide bonds. The second-order valence-electron chi connectivity index (χ2n) is 6.62. The minimum Gasteiger partial charge on any atom is -0.454 e. The van der Waals surface area contributed by atoms with Gasteiger partial charge in [-0.2, -0.15) is 13.2 Å². The lowest BCUT2D eigenvalue weighted by atomic mass is 10.2. The van der Waals surface area contributed by atoms with Crippen LogP contribution in [0, 0.1) is 0 Å². The summed E-state index contributed by atoms with van der Waals surface area (Å²) in [5.41, 5.74) is 0.770. The Balaban J connectivity index is 1.65. The van der Waals surface area contributed by atoms with E-state index in [1.807, 2.05) is 11.8 Å². The van der Waals surface area contributed by atoms with Gasteiger partial charge >= 0.3 is 6.18 Å². The molecule has 1 N–H and O–H groups in total. The van der Waals surface area contributed by atoms with Crippen LogP contribution in [0.5, 0.6) is 11.5 Å². The van der Waals surface area contributed by atoms with Crippen LogP contribution in [-0.2, 0) is 15.7 Å². The van der Waals surface area contributed by atoms with Crippen LogP contribution in [0.15, 0.2) is 30.6 Å². The predicted molar refractivity (Wildman–Crippen MR) is 104 cm³/mol. The van der Waals surface area contributed by atoms with E-state index in [-0.39, 0.29) is 24.3 Å². The molecule has 1 aromatic carbocycles.